The highest BCUT2D eigenvalue weighted by Crippen LogP contribution is 2.42. The molecule has 0 radical (unpaired) electrons. The van der Waals surface area contributed by atoms with Gasteiger partial charge in [-0.05, 0) is 35.3 Å². The molecule has 1 aliphatic rings. The quantitative estimate of drug-likeness (QED) is 0.325. The Balaban J connectivity index is 2.07. The molecule has 0 saturated carbocycles. The van der Waals surface area contributed by atoms with Crippen molar-refractivity contribution in [2.75, 3.05) is 0 Å². The molecule has 0 aromatic heterocycles. The van der Waals surface area contributed by atoms with Crippen molar-refractivity contribution >= 4 is 20.3 Å². The molecule has 188 valence electrons. The van der Waals surface area contributed by atoms with Crippen LogP contribution in [0.5, 0.6) is 0 Å². The van der Waals surface area contributed by atoms with Gasteiger partial charge >= 0.3 is 11.9 Å². The van der Waals surface area contributed by atoms with Crippen LogP contribution in [0.2, 0.25) is 18.1 Å². The topological polar surface area (TPSA) is 71.1 Å². The first-order valence-corrected chi connectivity index (χ1v) is 14.8. The molecule has 7 heteroatoms. The highest BCUT2D eigenvalue weighted by Gasteiger charge is 2.47. The van der Waals surface area contributed by atoms with Crippen LogP contribution in [0.3, 0.4) is 0 Å². The Morgan fingerprint density at radius 2 is 1.63 bits per heavy atom. The Labute approximate surface area is 209 Å². The van der Waals surface area contributed by atoms with Crippen LogP contribution in [-0.4, -0.2) is 38.6 Å². The van der Waals surface area contributed by atoms with E-state index in [4.69, 9.17) is 18.6 Å². The molecule has 1 aliphatic heterocycles. The van der Waals surface area contributed by atoms with E-state index in [1.165, 1.54) is 13.0 Å². The Hall–Kier alpha value is -2.74. The van der Waals surface area contributed by atoms with Gasteiger partial charge in [0.15, 0.2) is 20.5 Å². The second kappa shape index (κ2) is 11.3. The second-order valence-corrected chi connectivity index (χ2v) is 15.1. The third-order valence-corrected chi connectivity index (χ3v) is 11.0. The van der Waals surface area contributed by atoms with E-state index in [1.54, 1.807) is 6.08 Å². The number of hydrogen-bond acceptors (Lipinski definition) is 6. The van der Waals surface area contributed by atoms with Crippen molar-refractivity contribution < 1.29 is 28.2 Å². The van der Waals surface area contributed by atoms with Gasteiger partial charge in [-0.1, -0.05) is 81.4 Å². The molecule has 0 bridgehead atoms. The predicted octanol–water partition coefficient (Wildman–Crippen LogP) is 5.75. The average Bonchev–Trinajstić information content (AvgIpc) is 2.80. The molecule has 6 nitrogen and oxygen atoms in total. The van der Waals surface area contributed by atoms with Gasteiger partial charge in [0.1, 0.15) is 12.2 Å². The molecule has 0 unspecified atom stereocenters. The van der Waals surface area contributed by atoms with Gasteiger partial charge < -0.3 is 18.6 Å². The van der Waals surface area contributed by atoms with Crippen molar-refractivity contribution in [2.45, 2.75) is 76.8 Å². The fraction of sp³-hybridized carbons (Fsp3) is 0.429. The van der Waals surface area contributed by atoms with E-state index in [-0.39, 0.29) is 11.6 Å². The number of carbonyl (C=O) groups is 2. The fourth-order valence-electron chi connectivity index (χ4n) is 3.66. The Morgan fingerprint density at radius 1 is 1.03 bits per heavy atom. The van der Waals surface area contributed by atoms with Gasteiger partial charge in [-0.25, -0.2) is 4.79 Å². The number of ether oxygens (including phenoxy) is 3. The summed E-state index contributed by atoms with van der Waals surface area (Å²) in [5, 5.41) is -0.0670. The van der Waals surface area contributed by atoms with Gasteiger partial charge in [-0.15, -0.1) is 0 Å². The molecule has 2 aromatic carbocycles. The summed E-state index contributed by atoms with van der Waals surface area (Å²) in [6.45, 7) is 12.5. The maximum atomic E-state index is 12.3. The molecule has 4 atom stereocenters. The highest BCUT2D eigenvalue weighted by atomic mass is 28.4. The first-order valence-electron chi connectivity index (χ1n) is 11.9. The number of hydrogen-bond donors (Lipinski definition) is 0. The monoisotopic (exact) mass is 496 g/mol. The molecule has 1 heterocycles. The van der Waals surface area contributed by atoms with Crippen molar-refractivity contribution in [2.24, 2.45) is 0 Å². The largest absolute Gasteiger partial charge is 0.454 e. The smallest absolute Gasteiger partial charge is 0.331 e. The van der Waals surface area contributed by atoms with E-state index in [0.29, 0.717) is 0 Å². The minimum atomic E-state index is -2.30. The normalized spacial score (nSPS) is 20.1. The third-order valence-electron chi connectivity index (χ3n) is 6.56. The second-order valence-electron chi connectivity index (χ2n) is 10.3. The Kier molecular flexibility index (Phi) is 8.69. The van der Waals surface area contributed by atoms with E-state index < -0.39 is 44.7 Å². The lowest BCUT2D eigenvalue weighted by Crippen LogP contribution is -2.51. The molecule has 0 aliphatic carbocycles. The van der Waals surface area contributed by atoms with Crippen molar-refractivity contribution in [3.05, 3.63) is 83.9 Å². The van der Waals surface area contributed by atoms with Crippen LogP contribution in [0.1, 0.15) is 44.9 Å². The van der Waals surface area contributed by atoms with E-state index >= 15 is 0 Å². The number of cyclic esters (lactones) is 1. The molecule has 0 spiro atoms. The first kappa shape index (κ1) is 26.9. The summed E-state index contributed by atoms with van der Waals surface area (Å²) >= 11 is 0. The maximum Gasteiger partial charge on any atom is 0.331 e. The lowest BCUT2D eigenvalue weighted by Gasteiger charge is -2.44. The summed E-state index contributed by atoms with van der Waals surface area (Å²) in [6, 6.07) is 19.6. The minimum absolute atomic E-state index is 0.0670. The molecule has 3 rings (SSSR count). The summed E-state index contributed by atoms with van der Waals surface area (Å²) < 4.78 is 24.7. The van der Waals surface area contributed by atoms with Gasteiger partial charge in [-0.3, -0.25) is 4.79 Å². The van der Waals surface area contributed by atoms with Gasteiger partial charge in [0.25, 0.3) is 0 Å². The van der Waals surface area contributed by atoms with E-state index in [1.807, 2.05) is 60.7 Å². The maximum absolute atomic E-state index is 12.3. The molecule has 0 fully saturated rings. The first-order chi connectivity index (χ1) is 16.5. The number of esters is 2. The summed E-state index contributed by atoms with van der Waals surface area (Å²) in [5.41, 5.74) is 1.88. The van der Waals surface area contributed by atoms with Crippen molar-refractivity contribution in [1.82, 2.24) is 0 Å². The van der Waals surface area contributed by atoms with Gasteiger partial charge in [-0.2, -0.15) is 0 Å². The number of benzene rings is 2. The van der Waals surface area contributed by atoms with Crippen LogP contribution < -0.4 is 0 Å². The molecule has 2 aromatic rings. The zero-order valence-electron chi connectivity index (χ0n) is 21.4. The molecule has 0 saturated heterocycles. The Morgan fingerprint density at radius 3 is 2.20 bits per heavy atom. The van der Waals surface area contributed by atoms with Gasteiger partial charge in [0.2, 0.25) is 0 Å². The Bertz CT molecular complexity index is 1010. The lowest BCUT2D eigenvalue weighted by molar-refractivity contribution is -0.185. The minimum Gasteiger partial charge on any atom is -0.454 e. The van der Waals surface area contributed by atoms with E-state index in [0.717, 1.165) is 11.1 Å². The lowest BCUT2D eigenvalue weighted by atomic mass is 9.95. The summed E-state index contributed by atoms with van der Waals surface area (Å²) in [5.74, 6) is -0.975. The number of rotatable bonds is 9. The molecule has 35 heavy (non-hydrogen) atoms. The van der Waals surface area contributed by atoms with Crippen molar-refractivity contribution in [1.29, 1.82) is 0 Å². The van der Waals surface area contributed by atoms with Crippen LogP contribution in [0.4, 0.5) is 0 Å². The molecular formula is C28H36O6Si. The van der Waals surface area contributed by atoms with Crippen LogP contribution in [0.25, 0.3) is 0 Å². The standard InChI is InChI=1S/C28H36O6Si/c1-20(29)32-23-17-18-24(30)33-26(23)27(31-19-21-13-9-7-10-14-21)25(22-15-11-8-12-16-22)34-35(5,6)28(2,3)4/h7-18,23,25-27H,19H2,1-6H3/t23-,25+,26+,27+/m0/s1. The number of carbonyl (C=O) groups excluding carboxylic acids is 2. The van der Waals surface area contributed by atoms with Crippen LogP contribution in [-0.2, 0) is 34.8 Å². The van der Waals surface area contributed by atoms with Gasteiger partial charge in [0.05, 0.1) is 6.61 Å². The molecule has 0 amide bonds. The van der Waals surface area contributed by atoms with Crippen LogP contribution in [0.15, 0.2) is 72.8 Å². The van der Waals surface area contributed by atoms with E-state index in [2.05, 4.69) is 33.9 Å². The zero-order valence-corrected chi connectivity index (χ0v) is 22.4. The SMILES string of the molecule is CC(=O)O[C@H]1C=CC(=O)O[C@H]1[C@H](OCc1ccccc1)[C@H](O[Si](C)(C)C(C)(C)C)c1ccccc1. The highest BCUT2D eigenvalue weighted by molar-refractivity contribution is 6.74. The molecular weight excluding hydrogens is 460 g/mol. The predicted molar refractivity (Wildman–Crippen MR) is 137 cm³/mol. The summed E-state index contributed by atoms with van der Waals surface area (Å²) in [7, 11) is -2.30. The summed E-state index contributed by atoms with van der Waals surface area (Å²) in [6.07, 6.45) is -0.112. The summed E-state index contributed by atoms with van der Waals surface area (Å²) in [4.78, 5) is 24.2. The fourth-order valence-corrected chi connectivity index (χ4v) is 4.92. The third kappa shape index (κ3) is 7.13. The average molecular weight is 497 g/mol. The molecule has 0 N–H and O–H groups in total. The van der Waals surface area contributed by atoms with E-state index in [9.17, 15) is 9.59 Å². The van der Waals surface area contributed by atoms with Crippen LogP contribution in [0, 0.1) is 0 Å². The van der Waals surface area contributed by atoms with Crippen molar-refractivity contribution in [3.8, 4) is 0 Å². The van der Waals surface area contributed by atoms with Gasteiger partial charge in [0, 0.05) is 13.0 Å². The zero-order chi connectivity index (χ0) is 25.6. The van der Waals surface area contributed by atoms with Crippen molar-refractivity contribution in [3.63, 3.8) is 0 Å². The van der Waals surface area contributed by atoms with Crippen LogP contribution >= 0.6 is 0 Å².